The van der Waals surface area contributed by atoms with Gasteiger partial charge in [0.05, 0.1) is 0 Å². The zero-order chi connectivity index (χ0) is 15.4. The highest BCUT2D eigenvalue weighted by Gasteiger charge is 2.35. The van der Waals surface area contributed by atoms with Crippen LogP contribution in [0.4, 0.5) is 4.39 Å². The van der Waals surface area contributed by atoms with Gasteiger partial charge in [0, 0.05) is 23.1 Å². The summed E-state index contributed by atoms with van der Waals surface area (Å²) >= 11 is 1.47. The standard InChI is InChI=1S/C15H18FNO3S/c1-10(9-21-12-6-4-11(16)5-7-12)14(18)17-8-2-3-13(17)15(19)20/h4-7,10,13H,2-3,8-9H2,1H3,(H,19,20). The zero-order valence-corrected chi connectivity index (χ0v) is 12.6. The molecule has 21 heavy (non-hydrogen) atoms. The van der Waals surface area contributed by atoms with Crippen LogP contribution in [-0.2, 0) is 9.59 Å². The monoisotopic (exact) mass is 311 g/mol. The first-order valence-corrected chi connectivity index (χ1v) is 7.89. The van der Waals surface area contributed by atoms with E-state index in [0.717, 1.165) is 11.3 Å². The van der Waals surface area contributed by atoms with Gasteiger partial charge < -0.3 is 10.0 Å². The minimum atomic E-state index is -0.931. The van der Waals surface area contributed by atoms with Gasteiger partial charge in [-0.25, -0.2) is 9.18 Å². The molecule has 0 spiro atoms. The fourth-order valence-corrected chi connectivity index (χ4v) is 3.31. The Labute approximate surface area is 127 Å². The highest BCUT2D eigenvalue weighted by Crippen LogP contribution is 2.25. The first kappa shape index (κ1) is 15.8. The van der Waals surface area contributed by atoms with E-state index in [1.807, 2.05) is 0 Å². The molecule has 1 saturated heterocycles. The van der Waals surface area contributed by atoms with Crippen molar-refractivity contribution < 1.29 is 19.1 Å². The molecule has 0 aromatic heterocycles. The van der Waals surface area contributed by atoms with Crippen LogP contribution >= 0.6 is 11.8 Å². The Hall–Kier alpha value is -1.56. The van der Waals surface area contributed by atoms with E-state index >= 15 is 0 Å². The molecule has 0 saturated carbocycles. The minimum Gasteiger partial charge on any atom is -0.480 e. The molecule has 114 valence electrons. The summed E-state index contributed by atoms with van der Waals surface area (Å²) in [7, 11) is 0. The number of carboxylic acid groups (broad SMARTS) is 1. The molecule has 1 heterocycles. The van der Waals surface area contributed by atoms with E-state index in [1.54, 1.807) is 19.1 Å². The van der Waals surface area contributed by atoms with E-state index in [2.05, 4.69) is 0 Å². The summed E-state index contributed by atoms with van der Waals surface area (Å²) in [6.45, 7) is 2.32. The second kappa shape index (κ2) is 6.93. The number of hydrogen-bond donors (Lipinski definition) is 1. The van der Waals surface area contributed by atoms with Crippen LogP contribution < -0.4 is 0 Å². The van der Waals surface area contributed by atoms with Crippen molar-refractivity contribution in [3.05, 3.63) is 30.1 Å². The number of aliphatic carboxylic acids is 1. The van der Waals surface area contributed by atoms with Gasteiger partial charge >= 0.3 is 5.97 Å². The van der Waals surface area contributed by atoms with Crippen molar-refractivity contribution in [2.45, 2.75) is 30.7 Å². The summed E-state index contributed by atoms with van der Waals surface area (Å²) in [5.74, 6) is -1.05. The predicted molar refractivity (Wildman–Crippen MR) is 78.7 cm³/mol. The SMILES string of the molecule is CC(CSc1ccc(F)cc1)C(=O)N1CCCC1C(=O)O. The van der Waals surface area contributed by atoms with E-state index in [1.165, 1.54) is 28.8 Å². The minimum absolute atomic E-state index is 0.116. The van der Waals surface area contributed by atoms with Crippen LogP contribution in [0.3, 0.4) is 0 Å². The number of benzene rings is 1. The number of likely N-dealkylation sites (tertiary alicyclic amines) is 1. The van der Waals surface area contributed by atoms with Crippen molar-refractivity contribution in [2.24, 2.45) is 5.92 Å². The zero-order valence-electron chi connectivity index (χ0n) is 11.8. The fourth-order valence-electron chi connectivity index (χ4n) is 2.39. The number of rotatable bonds is 5. The first-order valence-electron chi connectivity index (χ1n) is 6.90. The molecule has 6 heteroatoms. The van der Waals surface area contributed by atoms with Gasteiger partial charge in [-0.15, -0.1) is 11.8 Å². The first-order chi connectivity index (χ1) is 9.99. The molecule has 0 radical (unpaired) electrons. The highest BCUT2D eigenvalue weighted by atomic mass is 32.2. The smallest absolute Gasteiger partial charge is 0.326 e. The molecule has 4 nitrogen and oxygen atoms in total. The molecule has 2 atom stereocenters. The lowest BCUT2D eigenvalue weighted by molar-refractivity contribution is -0.149. The lowest BCUT2D eigenvalue weighted by Crippen LogP contribution is -2.43. The number of carbonyl (C=O) groups is 2. The second-order valence-corrected chi connectivity index (χ2v) is 6.29. The molecule has 1 fully saturated rings. The Bertz CT molecular complexity index is 520. The van der Waals surface area contributed by atoms with Crippen LogP contribution in [-0.4, -0.2) is 40.2 Å². The Kier molecular flexibility index (Phi) is 5.22. The van der Waals surface area contributed by atoms with Crippen LogP contribution in [0.5, 0.6) is 0 Å². The van der Waals surface area contributed by atoms with Crippen molar-refractivity contribution >= 4 is 23.6 Å². The van der Waals surface area contributed by atoms with Gasteiger partial charge in [-0.2, -0.15) is 0 Å². The number of halogens is 1. The molecule has 1 amide bonds. The molecular formula is C15H18FNO3S. The third-order valence-electron chi connectivity index (χ3n) is 3.56. The Morgan fingerprint density at radius 2 is 2.10 bits per heavy atom. The average molecular weight is 311 g/mol. The summed E-state index contributed by atoms with van der Waals surface area (Å²) in [5.41, 5.74) is 0. The molecule has 2 unspecified atom stereocenters. The lowest BCUT2D eigenvalue weighted by Gasteiger charge is -2.24. The van der Waals surface area contributed by atoms with Crippen molar-refractivity contribution in [2.75, 3.05) is 12.3 Å². The Morgan fingerprint density at radius 1 is 1.43 bits per heavy atom. The van der Waals surface area contributed by atoms with E-state index in [4.69, 9.17) is 5.11 Å². The molecule has 2 rings (SSSR count). The maximum Gasteiger partial charge on any atom is 0.326 e. The topological polar surface area (TPSA) is 57.6 Å². The number of amides is 1. The van der Waals surface area contributed by atoms with Gasteiger partial charge in [0.2, 0.25) is 5.91 Å². The van der Waals surface area contributed by atoms with Crippen molar-refractivity contribution in [3.63, 3.8) is 0 Å². The second-order valence-electron chi connectivity index (χ2n) is 5.19. The number of carbonyl (C=O) groups excluding carboxylic acids is 1. The molecule has 0 bridgehead atoms. The van der Waals surface area contributed by atoms with Gasteiger partial charge in [-0.3, -0.25) is 4.79 Å². The maximum atomic E-state index is 12.8. The summed E-state index contributed by atoms with van der Waals surface area (Å²) in [6, 6.07) is 5.43. The van der Waals surface area contributed by atoms with E-state index in [0.29, 0.717) is 18.7 Å². The fraction of sp³-hybridized carbons (Fsp3) is 0.467. The summed E-state index contributed by atoms with van der Waals surface area (Å²) in [5, 5.41) is 9.11. The van der Waals surface area contributed by atoms with E-state index in [9.17, 15) is 14.0 Å². The van der Waals surface area contributed by atoms with E-state index in [-0.39, 0.29) is 17.6 Å². The van der Waals surface area contributed by atoms with Gasteiger partial charge in [-0.05, 0) is 37.1 Å². The molecule has 1 aromatic rings. The van der Waals surface area contributed by atoms with Crippen molar-refractivity contribution in [1.29, 1.82) is 0 Å². The van der Waals surface area contributed by atoms with Crippen molar-refractivity contribution in [1.82, 2.24) is 4.90 Å². The summed E-state index contributed by atoms with van der Waals surface area (Å²) in [4.78, 5) is 25.8. The number of hydrogen-bond acceptors (Lipinski definition) is 3. The van der Waals surface area contributed by atoms with Gasteiger partial charge in [0.25, 0.3) is 0 Å². The largest absolute Gasteiger partial charge is 0.480 e. The van der Waals surface area contributed by atoms with Crippen LogP contribution in [0.25, 0.3) is 0 Å². The van der Waals surface area contributed by atoms with Gasteiger partial charge in [-0.1, -0.05) is 6.92 Å². The van der Waals surface area contributed by atoms with Crippen LogP contribution in [0.1, 0.15) is 19.8 Å². The van der Waals surface area contributed by atoms with Crippen LogP contribution in [0.15, 0.2) is 29.2 Å². The molecule has 1 aromatic carbocycles. The third kappa shape index (κ3) is 3.97. The third-order valence-corrected chi connectivity index (χ3v) is 4.83. The molecule has 1 aliphatic rings. The highest BCUT2D eigenvalue weighted by molar-refractivity contribution is 7.99. The molecular weight excluding hydrogens is 293 g/mol. The average Bonchev–Trinajstić information content (AvgIpc) is 2.95. The predicted octanol–water partition coefficient (Wildman–Crippen LogP) is 2.63. The quantitative estimate of drug-likeness (QED) is 0.849. The Balaban J connectivity index is 1.90. The lowest BCUT2D eigenvalue weighted by atomic mass is 10.1. The molecule has 1 N–H and O–H groups in total. The number of carboxylic acids is 1. The Morgan fingerprint density at radius 3 is 2.71 bits per heavy atom. The molecule has 0 aliphatic carbocycles. The van der Waals surface area contributed by atoms with E-state index < -0.39 is 12.0 Å². The van der Waals surface area contributed by atoms with Crippen LogP contribution in [0.2, 0.25) is 0 Å². The number of nitrogens with zero attached hydrogens (tertiary/aromatic N) is 1. The summed E-state index contributed by atoms with van der Waals surface area (Å²) in [6.07, 6.45) is 1.26. The van der Waals surface area contributed by atoms with Crippen LogP contribution in [0, 0.1) is 11.7 Å². The van der Waals surface area contributed by atoms with Gasteiger partial charge in [0.15, 0.2) is 0 Å². The number of thioether (sulfide) groups is 1. The maximum absolute atomic E-state index is 12.8. The van der Waals surface area contributed by atoms with Crippen molar-refractivity contribution in [3.8, 4) is 0 Å². The van der Waals surface area contributed by atoms with Gasteiger partial charge in [0.1, 0.15) is 11.9 Å². The summed E-state index contributed by atoms with van der Waals surface area (Å²) < 4.78 is 12.8. The molecule has 1 aliphatic heterocycles. The normalized spacial score (nSPS) is 19.5.